The van der Waals surface area contributed by atoms with Gasteiger partial charge in [0, 0.05) is 49.2 Å². The van der Waals surface area contributed by atoms with Gasteiger partial charge in [-0.1, -0.05) is 32.1 Å². The number of fused-ring (bicyclic) bond motifs is 3. The summed E-state index contributed by atoms with van der Waals surface area (Å²) in [4.78, 5) is 34.6. The van der Waals surface area contributed by atoms with E-state index in [1.54, 1.807) is 0 Å². The number of ether oxygens (including phenoxy) is 1. The predicted octanol–water partition coefficient (Wildman–Crippen LogP) is 3.33. The van der Waals surface area contributed by atoms with E-state index in [9.17, 15) is 19.6 Å². The maximum absolute atomic E-state index is 13.4. The molecule has 4 saturated carbocycles. The van der Waals surface area contributed by atoms with Gasteiger partial charge >= 0.3 is 7.12 Å². The van der Waals surface area contributed by atoms with Crippen molar-refractivity contribution in [3.05, 3.63) is 0 Å². The number of halogens is 1. The third kappa shape index (κ3) is 8.60. The number of hydrogen-bond acceptors (Lipinski definition) is 9. The average molecular weight is 691 g/mol. The number of rotatable bonds is 10. The molecule has 0 aromatic carbocycles. The Hall–Kier alpha value is -1.28. The molecule has 270 valence electrons. The number of carbonyl (C=O) groups is 2. The fourth-order valence-corrected chi connectivity index (χ4v) is 10.6. The van der Waals surface area contributed by atoms with Crippen LogP contribution < -0.4 is 21.5 Å². The van der Waals surface area contributed by atoms with Crippen molar-refractivity contribution >= 4 is 36.2 Å². The lowest BCUT2D eigenvalue weighted by atomic mass is 9.59. The molecule has 48 heavy (non-hydrogen) atoms. The van der Waals surface area contributed by atoms with Crippen LogP contribution in [-0.2, 0) is 14.3 Å². The normalized spacial score (nSPS) is 40.6. The van der Waals surface area contributed by atoms with Crippen molar-refractivity contribution in [1.29, 1.82) is 0 Å². The molecule has 11 nitrogen and oxygen atoms in total. The first kappa shape index (κ1) is 36.5. The van der Waals surface area contributed by atoms with Crippen LogP contribution in [0.25, 0.3) is 0 Å². The van der Waals surface area contributed by atoms with E-state index < -0.39 is 7.12 Å². The number of amides is 2. The van der Waals surface area contributed by atoms with Gasteiger partial charge in [-0.25, -0.2) is 10.9 Å². The number of nitrogens with one attached hydrogen (secondary N) is 4. The summed E-state index contributed by atoms with van der Waals surface area (Å²) in [5.41, 5.74) is 8.21. The van der Waals surface area contributed by atoms with Gasteiger partial charge in [-0.05, 0) is 94.7 Å². The molecule has 10 atom stereocenters. The third-order valence-electron chi connectivity index (χ3n) is 12.9. The van der Waals surface area contributed by atoms with E-state index in [0.29, 0.717) is 42.8 Å². The van der Waals surface area contributed by atoms with Crippen molar-refractivity contribution in [2.24, 2.45) is 34.6 Å². The highest BCUT2D eigenvalue weighted by Crippen LogP contribution is 2.45. The summed E-state index contributed by atoms with van der Waals surface area (Å²) in [6, 6.07) is 0.118. The summed E-state index contributed by atoms with van der Waals surface area (Å²) in [7, 11) is 0.584. The van der Waals surface area contributed by atoms with E-state index in [-0.39, 0.29) is 59.8 Å². The van der Waals surface area contributed by atoms with Gasteiger partial charge in [0.25, 0.3) is 0 Å². The van der Waals surface area contributed by atoms with Crippen LogP contribution in [0.4, 0.5) is 0 Å². The Labute approximate surface area is 292 Å². The van der Waals surface area contributed by atoms with Crippen LogP contribution in [0.15, 0.2) is 4.99 Å². The fraction of sp³-hybridized carbons (Fsp3) is 0.914. The topological polar surface area (TPSA) is 148 Å². The van der Waals surface area contributed by atoms with Gasteiger partial charge in [0.1, 0.15) is 0 Å². The molecule has 9 unspecified atom stereocenters. The molecular weight excluding hydrogens is 631 g/mol. The molecule has 0 spiro atoms. The second kappa shape index (κ2) is 16.8. The summed E-state index contributed by atoms with van der Waals surface area (Å²) in [5.74, 6) is 1.62. The van der Waals surface area contributed by atoms with Crippen molar-refractivity contribution in [3.8, 4) is 0 Å². The number of carbonyl (C=O) groups excluding carboxylic acids is 2. The second-order valence-electron chi connectivity index (χ2n) is 15.8. The maximum atomic E-state index is 13.4. The zero-order valence-electron chi connectivity index (χ0n) is 29.1. The summed E-state index contributed by atoms with van der Waals surface area (Å²) in [6.07, 6.45) is 15.5. The van der Waals surface area contributed by atoms with E-state index in [0.717, 1.165) is 96.3 Å². The molecule has 0 aromatic heterocycles. The summed E-state index contributed by atoms with van der Waals surface area (Å²) in [6.45, 7) is 2.99. The summed E-state index contributed by atoms with van der Waals surface area (Å²) >= 11 is 6.53. The smallest absolute Gasteiger partial charge is 0.427 e. The number of alkyl halides is 1. The minimum absolute atomic E-state index is 0.0124. The molecule has 6 aliphatic rings. The average Bonchev–Trinajstić information content (AvgIpc) is 3.43. The second-order valence-corrected chi connectivity index (χ2v) is 16.5. The van der Waals surface area contributed by atoms with E-state index in [1.165, 1.54) is 5.71 Å². The van der Waals surface area contributed by atoms with E-state index in [1.807, 2.05) is 7.11 Å². The molecule has 6 rings (SSSR count). The number of hydrazine groups is 1. The molecule has 1 saturated heterocycles. The Kier molecular flexibility index (Phi) is 12.8. The standard InChI is InChI=1S/C35H60BClN6O5/c1-21-41-42-34-30(40-33(22-9-11-27(37)12-10-22)29-19-28(48-2)13-14-31(29)43(21)34)20-32(44)38-15-16-39-35(45)25-7-3-5-23(17-25)24-6-4-8-26(18-24)36(46)47/h21-31,34,41-42,46-47H,3-20H2,1-2H3,(H,38,44)(H,39,45)/t21?,22?,23?,24?,25?,26?,27?,28?,29?,30-,31?,34?/m0/s1. The molecule has 2 heterocycles. The van der Waals surface area contributed by atoms with Gasteiger partial charge in [-0.2, -0.15) is 0 Å². The van der Waals surface area contributed by atoms with Crippen LogP contribution in [0.5, 0.6) is 0 Å². The van der Waals surface area contributed by atoms with Gasteiger partial charge in [0.05, 0.1) is 30.9 Å². The lowest BCUT2D eigenvalue weighted by Gasteiger charge is -2.44. The van der Waals surface area contributed by atoms with Gasteiger partial charge in [0.15, 0.2) is 0 Å². The molecule has 0 radical (unpaired) electrons. The molecule has 2 amide bonds. The van der Waals surface area contributed by atoms with Crippen LogP contribution in [0, 0.1) is 29.6 Å². The van der Waals surface area contributed by atoms with Gasteiger partial charge in [-0.3, -0.25) is 19.5 Å². The summed E-state index contributed by atoms with van der Waals surface area (Å²) < 4.78 is 5.88. The molecule has 5 fully saturated rings. The van der Waals surface area contributed by atoms with Gasteiger partial charge < -0.3 is 25.4 Å². The number of nitrogens with zero attached hydrogens (tertiary/aromatic N) is 2. The van der Waals surface area contributed by atoms with E-state index >= 15 is 0 Å². The number of aliphatic imine (C=N–C) groups is 1. The highest BCUT2D eigenvalue weighted by molar-refractivity contribution is 6.43. The van der Waals surface area contributed by atoms with Crippen molar-refractivity contribution in [2.45, 2.75) is 151 Å². The SMILES string of the molecule is COC1CCC2C(C1)C(C1CCC(Cl)CC1)=N[C@@H](CC(=O)NCCNC(=O)C1CCCC(C3CCCC(B(O)O)C3)C1)C1NNC(C)N21. The lowest BCUT2D eigenvalue weighted by molar-refractivity contribution is -0.127. The maximum Gasteiger partial charge on any atom is 0.454 e. The molecule has 6 N–H and O–H groups in total. The minimum Gasteiger partial charge on any atom is -0.427 e. The largest absolute Gasteiger partial charge is 0.454 e. The van der Waals surface area contributed by atoms with Crippen LogP contribution in [0.3, 0.4) is 0 Å². The molecule has 0 bridgehead atoms. The first-order valence-electron chi connectivity index (χ1n) is 19.1. The number of methoxy groups -OCH3 is 1. The Morgan fingerprint density at radius 3 is 2.42 bits per heavy atom. The predicted molar refractivity (Wildman–Crippen MR) is 188 cm³/mol. The van der Waals surface area contributed by atoms with E-state index in [4.69, 9.17) is 21.3 Å². The molecular formula is C35H60BClN6O5. The van der Waals surface area contributed by atoms with Gasteiger partial charge in [0.2, 0.25) is 11.8 Å². The van der Waals surface area contributed by atoms with Crippen molar-refractivity contribution in [2.75, 3.05) is 20.2 Å². The van der Waals surface area contributed by atoms with Crippen LogP contribution in [0.2, 0.25) is 5.82 Å². The first-order valence-corrected chi connectivity index (χ1v) is 19.6. The Morgan fingerprint density at radius 1 is 0.938 bits per heavy atom. The van der Waals surface area contributed by atoms with Crippen molar-refractivity contribution < 1.29 is 24.4 Å². The quantitative estimate of drug-likeness (QED) is 0.116. The molecule has 4 aliphatic carbocycles. The van der Waals surface area contributed by atoms with E-state index in [2.05, 4.69) is 33.3 Å². The van der Waals surface area contributed by atoms with Crippen LogP contribution in [-0.4, -0.2) is 95.7 Å². The highest BCUT2D eigenvalue weighted by atomic mass is 35.5. The first-order chi connectivity index (χ1) is 23.2. The lowest BCUT2D eigenvalue weighted by Crippen LogP contribution is -2.55. The Balaban J connectivity index is 1.04. The van der Waals surface area contributed by atoms with Crippen LogP contribution >= 0.6 is 11.6 Å². The van der Waals surface area contributed by atoms with Crippen molar-refractivity contribution in [1.82, 2.24) is 26.4 Å². The molecule has 13 heteroatoms. The fourth-order valence-electron chi connectivity index (χ4n) is 10.3. The zero-order valence-corrected chi connectivity index (χ0v) is 29.9. The zero-order chi connectivity index (χ0) is 33.8. The third-order valence-corrected chi connectivity index (χ3v) is 13.3. The Morgan fingerprint density at radius 2 is 1.67 bits per heavy atom. The van der Waals surface area contributed by atoms with Crippen molar-refractivity contribution in [3.63, 3.8) is 0 Å². The molecule has 0 aromatic rings. The van der Waals surface area contributed by atoms with Gasteiger partial charge in [-0.15, -0.1) is 11.6 Å². The summed E-state index contributed by atoms with van der Waals surface area (Å²) in [5, 5.41) is 25.9. The monoisotopic (exact) mass is 690 g/mol. The Bertz CT molecular complexity index is 1130. The number of hydrogen-bond donors (Lipinski definition) is 6. The highest BCUT2D eigenvalue weighted by Gasteiger charge is 2.50. The molecule has 2 aliphatic heterocycles. The van der Waals surface area contributed by atoms with Crippen LogP contribution in [0.1, 0.15) is 110 Å². The minimum atomic E-state index is -1.24.